The number of anilines is 3. The first-order chi connectivity index (χ1) is 15.1. The largest absolute Gasteiger partial charge is 0.326 e. The van der Waals surface area contributed by atoms with Gasteiger partial charge in [0, 0.05) is 31.1 Å². The van der Waals surface area contributed by atoms with Crippen molar-refractivity contribution >= 4 is 53.8 Å². The third kappa shape index (κ3) is 4.03. The van der Waals surface area contributed by atoms with Crippen LogP contribution in [-0.2, 0) is 24.8 Å². The van der Waals surface area contributed by atoms with Gasteiger partial charge in [0.15, 0.2) is 0 Å². The van der Waals surface area contributed by atoms with Crippen molar-refractivity contribution in [1.82, 2.24) is 0 Å². The lowest BCUT2D eigenvalue weighted by Crippen LogP contribution is -2.29. The summed E-state index contributed by atoms with van der Waals surface area (Å²) in [5, 5.41) is 4.32. The minimum atomic E-state index is -3.65. The quantitative estimate of drug-likeness (QED) is 0.568. The van der Waals surface area contributed by atoms with Gasteiger partial charge in [-0.15, -0.1) is 0 Å². The van der Waals surface area contributed by atoms with Crippen LogP contribution in [0.25, 0.3) is 10.8 Å². The van der Waals surface area contributed by atoms with Gasteiger partial charge in [0.2, 0.25) is 15.9 Å². The minimum absolute atomic E-state index is 0.116. The Bertz CT molecular complexity index is 1410. The molecule has 0 unspecified atom stereocenters. The fraction of sp³-hybridized carbons (Fsp3) is 0.227. The molecule has 0 aromatic heterocycles. The van der Waals surface area contributed by atoms with E-state index in [1.807, 2.05) is 18.2 Å². The molecule has 1 amide bonds. The van der Waals surface area contributed by atoms with Crippen LogP contribution < -0.4 is 13.9 Å². The second-order valence-electron chi connectivity index (χ2n) is 7.64. The van der Waals surface area contributed by atoms with Gasteiger partial charge >= 0.3 is 0 Å². The van der Waals surface area contributed by atoms with E-state index >= 15 is 0 Å². The van der Waals surface area contributed by atoms with E-state index in [2.05, 4.69) is 5.32 Å². The second kappa shape index (κ2) is 8.10. The Morgan fingerprint density at radius 3 is 2.47 bits per heavy atom. The first-order valence-electron chi connectivity index (χ1n) is 9.97. The van der Waals surface area contributed by atoms with Gasteiger partial charge in [0.05, 0.1) is 22.5 Å². The second-order valence-corrected chi connectivity index (χ2v) is 11.5. The zero-order chi connectivity index (χ0) is 23.1. The predicted molar refractivity (Wildman–Crippen MR) is 126 cm³/mol. The Kier molecular flexibility index (Phi) is 5.59. The van der Waals surface area contributed by atoms with Gasteiger partial charge in [0.25, 0.3) is 10.0 Å². The highest BCUT2D eigenvalue weighted by Gasteiger charge is 2.35. The minimum Gasteiger partial charge on any atom is -0.326 e. The fourth-order valence-corrected chi connectivity index (χ4v) is 6.02. The van der Waals surface area contributed by atoms with Gasteiger partial charge in [-0.25, -0.2) is 16.8 Å². The van der Waals surface area contributed by atoms with Crippen LogP contribution in [0.15, 0.2) is 65.6 Å². The van der Waals surface area contributed by atoms with Gasteiger partial charge in [-0.1, -0.05) is 30.3 Å². The van der Waals surface area contributed by atoms with Gasteiger partial charge in [-0.05, 0) is 42.1 Å². The molecule has 1 heterocycles. The topological polar surface area (TPSA) is 104 Å². The molecule has 8 nitrogen and oxygen atoms in total. The molecule has 10 heteroatoms. The van der Waals surface area contributed by atoms with Gasteiger partial charge < -0.3 is 5.32 Å². The third-order valence-electron chi connectivity index (χ3n) is 5.44. The lowest BCUT2D eigenvalue weighted by Gasteiger charge is -2.19. The van der Waals surface area contributed by atoms with E-state index in [0.29, 0.717) is 33.8 Å². The smallest absolute Gasteiger partial charge is 0.265 e. The van der Waals surface area contributed by atoms with E-state index in [1.54, 1.807) is 42.5 Å². The van der Waals surface area contributed by atoms with E-state index in [9.17, 15) is 21.6 Å². The van der Waals surface area contributed by atoms with Crippen LogP contribution in [0.1, 0.15) is 12.8 Å². The Balaban J connectivity index is 1.42. The molecular formula is C22H23N3O5S2. The summed E-state index contributed by atoms with van der Waals surface area (Å²) in [6.45, 7) is 0.181. The number of hydrogen-bond donors (Lipinski definition) is 1. The average Bonchev–Trinajstić information content (AvgIpc) is 2.96. The van der Waals surface area contributed by atoms with E-state index in [0.717, 1.165) is 15.9 Å². The van der Waals surface area contributed by atoms with Crippen LogP contribution >= 0.6 is 0 Å². The lowest BCUT2D eigenvalue weighted by molar-refractivity contribution is -0.116. The van der Waals surface area contributed by atoms with Crippen molar-refractivity contribution in [2.24, 2.45) is 0 Å². The van der Waals surface area contributed by atoms with Crippen molar-refractivity contribution in [1.29, 1.82) is 0 Å². The molecule has 32 heavy (non-hydrogen) atoms. The van der Waals surface area contributed by atoms with Crippen LogP contribution in [0.3, 0.4) is 0 Å². The van der Waals surface area contributed by atoms with Gasteiger partial charge in [-0.3, -0.25) is 13.4 Å². The van der Waals surface area contributed by atoms with Crippen LogP contribution in [0.5, 0.6) is 0 Å². The predicted octanol–water partition coefficient (Wildman–Crippen LogP) is 3.16. The normalized spacial score (nSPS) is 14.5. The summed E-state index contributed by atoms with van der Waals surface area (Å²) in [5.74, 6) is -0.281. The van der Waals surface area contributed by atoms with E-state index in [1.165, 1.54) is 11.4 Å². The summed E-state index contributed by atoms with van der Waals surface area (Å²) in [4.78, 5) is 12.7. The number of sulfonamides is 2. The van der Waals surface area contributed by atoms with Crippen molar-refractivity contribution in [2.75, 3.05) is 33.8 Å². The molecule has 3 aromatic carbocycles. The highest BCUT2D eigenvalue weighted by atomic mass is 32.2. The molecular weight excluding hydrogens is 450 g/mol. The van der Waals surface area contributed by atoms with Crippen molar-refractivity contribution in [3.63, 3.8) is 0 Å². The summed E-state index contributed by atoms with van der Waals surface area (Å²) in [7, 11) is -5.63. The number of rotatable bonds is 7. The molecule has 1 aliphatic heterocycles. The first kappa shape index (κ1) is 22.1. The Morgan fingerprint density at radius 2 is 1.75 bits per heavy atom. The molecule has 0 saturated heterocycles. The maximum Gasteiger partial charge on any atom is 0.265 e. The summed E-state index contributed by atoms with van der Waals surface area (Å²) in [6.07, 6.45) is 1.55. The Hall–Kier alpha value is -3.11. The SMILES string of the molecule is CN(c1cccc(NC(=O)CCCN2c3cccc4cccc(c34)S2(=O)=O)c1)S(C)(=O)=O. The molecule has 1 aliphatic rings. The van der Waals surface area contributed by atoms with Crippen molar-refractivity contribution in [2.45, 2.75) is 17.7 Å². The molecule has 0 radical (unpaired) electrons. The van der Waals surface area contributed by atoms with Gasteiger partial charge in [0.1, 0.15) is 0 Å². The molecule has 0 fully saturated rings. The highest BCUT2D eigenvalue weighted by molar-refractivity contribution is 7.93. The van der Waals surface area contributed by atoms with E-state index in [-0.39, 0.29) is 18.9 Å². The van der Waals surface area contributed by atoms with Crippen LogP contribution in [0, 0.1) is 0 Å². The molecule has 0 atom stereocenters. The Labute approximate surface area is 187 Å². The molecule has 0 saturated carbocycles. The highest BCUT2D eigenvalue weighted by Crippen LogP contribution is 2.41. The van der Waals surface area contributed by atoms with Crippen LogP contribution in [0.4, 0.5) is 17.1 Å². The monoisotopic (exact) mass is 473 g/mol. The summed E-state index contributed by atoms with van der Waals surface area (Å²) in [6, 6.07) is 17.2. The van der Waals surface area contributed by atoms with Crippen LogP contribution in [-0.4, -0.2) is 42.6 Å². The zero-order valence-electron chi connectivity index (χ0n) is 17.6. The summed E-state index contributed by atoms with van der Waals surface area (Å²) in [5.41, 5.74) is 1.53. The molecule has 4 rings (SSSR count). The molecule has 168 valence electrons. The lowest BCUT2D eigenvalue weighted by atomic mass is 10.1. The van der Waals surface area contributed by atoms with Crippen molar-refractivity contribution in [3.05, 3.63) is 60.7 Å². The Morgan fingerprint density at radius 1 is 1.06 bits per heavy atom. The van der Waals surface area contributed by atoms with Crippen molar-refractivity contribution < 1.29 is 21.6 Å². The van der Waals surface area contributed by atoms with E-state index in [4.69, 9.17) is 0 Å². The van der Waals surface area contributed by atoms with E-state index < -0.39 is 20.0 Å². The van der Waals surface area contributed by atoms with Crippen LogP contribution in [0.2, 0.25) is 0 Å². The number of amides is 1. The molecule has 0 bridgehead atoms. The average molecular weight is 474 g/mol. The number of carbonyl (C=O) groups excluding carboxylic acids is 1. The summed E-state index contributed by atoms with van der Waals surface area (Å²) >= 11 is 0. The molecule has 1 N–H and O–H groups in total. The molecule has 0 aliphatic carbocycles. The third-order valence-corrected chi connectivity index (χ3v) is 8.50. The fourth-order valence-electron chi connectivity index (χ4n) is 3.78. The number of nitrogens with one attached hydrogen (secondary N) is 1. The first-order valence-corrected chi connectivity index (χ1v) is 13.3. The maximum absolute atomic E-state index is 13.0. The number of carbonyl (C=O) groups is 1. The number of hydrogen-bond acceptors (Lipinski definition) is 5. The number of benzene rings is 3. The van der Waals surface area contributed by atoms with Gasteiger partial charge in [-0.2, -0.15) is 0 Å². The summed E-state index contributed by atoms with van der Waals surface area (Å²) < 4.78 is 51.9. The maximum atomic E-state index is 13.0. The zero-order valence-corrected chi connectivity index (χ0v) is 19.3. The standard InChI is InChI=1S/C22H23N3O5S2/c1-24(31(2,27)28)18-10-5-9-17(15-18)23-21(26)13-6-14-25-19-11-3-7-16-8-4-12-20(22(16)19)32(25,29)30/h3-5,7-12,15H,6,13-14H2,1-2H3,(H,23,26). The number of nitrogens with zero attached hydrogens (tertiary/aromatic N) is 2. The molecule has 0 spiro atoms. The van der Waals surface area contributed by atoms with Crippen molar-refractivity contribution in [3.8, 4) is 0 Å². The molecule has 3 aromatic rings.